The first kappa shape index (κ1) is 17.1. The van der Waals surface area contributed by atoms with E-state index in [-0.39, 0.29) is 18.4 Å². The highest BCUT2D eigenvalue weighted by atomic mass is 35.5. The van der Waals surface area contributed by atoms with E-state index in [4.69, 9.17) is 23.2 Å². The quantitative estimate of drug-likeness (QED) is 0.799. The van der Waals surface area contributed by atoms with Gasteiger partial charge in [-0.3, -0.25) is 14.5 Å². The van der Waals surface area contributed by atoms with Crippen LogP contribution in [-0.2, 0) is 9.59 Å². The SMILES string of the molecule is C[C@H](Sc1c(Cl)cccc1Cl)C(=O)N1CC(=O)Nc2ccccc21. The number of benzene rings is 2. The van der Waals surface area contributed by atoms with Crippen molar-refractivity contribution in [1.29, 1.82) is 0 Å². The number of nitrogens with zero attached hydrogens (tertiary/aromatic N) is 1. The Balaban J connectivity index is 1.85. The van der Waals surface area contributed by atoms with Crippen molar-refractivity contribution in [3.05, 3.63) is 52.5 Å². The van der Waals surface area contributed by atoms with Crippen molar-refractivity contribution >= 4 is 58.2 Å². The maximum atomic E-state index is 12.9. The summed E-state index contributed by atoms with van der Waals surface area (Å²) in [5.74, 6) is -0.381. The lowest BCUT2D eigenvalue weighted by Gasteiger charge is -2.31. The van der Waals surface area contributed by atoms with Crippen LogP contribution in [0.2, 0.25) is 10.0 Å². The molecule has 0 saturated heterocycles. The number of halogens is 2. The van der Waals surface area contributed by atoms with Crippen LogP contribution in [0, 0.1) is 0 Å². The minimum absolute atomic E-state index is 0.00298. The molecule has 2 amide bonds. The van der Waals surface area contributed by atoms with Crippen LogP contribution in [0.5, 0.6) is 0 Å². The highest BCUT2D eigenvalue weighted by molar-refractivity contribution is 8.00. The fourth-order valence-electron chi connectivity index (χ4n) is 2.47. The van der Waals surface area contributed by atoms with Gasteiger partial charge in [-0.25, -0.2) is 0 Å². The van der Waals surface area contributed by atoms with Crippen LogP contribution in [0.15, 0.2) is 47.4 Å². The van der Waals surface area contributed by atoms with Gasteiger partial charge in [0.05, 0.1) is 26.7 Å². The summed E-state index contributed by atoms with van der Waals surface area (Å²) in [4.78, 5) is 26.9. The Kier molecular flexibility index (Phi) is 5.04. The van der Waals surface area contributed by atoms with E-state index >= 15 is 0 Å². The molecule has 0 bridgehead atoms. The number of anilines is 2. The van der Waals surface area contributed by atoms with Gasteiger partial charge in [0.1, 0.15) is 6.54 Å². The van der Waals surface area contributed by atoms with Gasteiger partial charge in [0.25, 0.3) is 0 Å². The summed E-state index contributed by atoms with van der Waals surface area (Å²) >= 11 is 13.6. The van der Waals surface area contributed by atoms with Crippen molar-refractivity contribution < 1.29 is 9.59 Å². The van der Waals surface area contributed by atoms with Crippen molar-refractivity contribution in [3.63, 3.8) is 0 Å². The topological polar surface area (TPSA) is 49.4 Å². The Morgan fingerprint density at radius 1 is 1.17 bits per heavy atom. The molecule has 1 atom stereocenters. The average Bonchev–Trinajstić information content (AvgIpc) is 2.56. The Hall–Kier alpha value is -1.69. The number of carbonyl (C=O) groups is 2. The Morgan fingerprint density at radius 2 is 1.83 bits per heavy atom. The van der Waals surface area contributed by atoms with Crippen LogP contribution in [-0.4, -0.2) is 23.6 Å². The molecule has 2 aromatic carbocycles. The lowest BCUT2D eigenvalue weighted by Crippen LogP contribution is -2.45. The summed E-state index contributed by atoms with van der Waals surface area (Å²) in [6, 6.07) is 12.5. The predicted molar refractivity (Wildman–Crippen MR) is 99.2 cm³/mol. The monoisotopic (exact) mass is 380 g/mol. The third-order valence-electron chi connectivity index (χ3n) is 3.60. The molecule has 24 heavy (non-hydrogen) atoms. The van der Waals surface area contributed by atoms with E-state index in [1.54, 1.807) is 31.2 Å². The third kappa shape index (κ3) is 3.38. The van der Waals surface area contributed by atoms with Crippen molar-refractivity contribution in [1.82, 2.24) is 0 Å². The number of nitrogens with one attached hydrogen (secondary N) is 1. The second-order valence-corrected chi connectivity index (χ2v) is 7.47. The number of hydrogen-bond acceptors (Lipinski definition) is 3. The lowest BCUT2D eigenvalue weighted by molar-refractivity contribution is -0.121. The molecule has 124 valence electrons. The molecule has 0 fully saturated rings. The average molecular weight is 381 g/mol. The summed E-state index contributed by atoms with van der Waals surface area (Å²) in [7, 11) is 0. The van der Waals surface area contributed by atoms with Gasteiger partial charge in [0, 0.05) is 4.90 Å². The second-order valence-electron chi connectivity index (χ2n) is 5.30. The minimum Gasteiger partial charge on any atom is -0.323 e. The Bertz CT molecular complexity index is 793. The van der Waals surface area contributed by atoms with Crippen molar-refractivity contribution in [2.75, 3.05) is 16.8 Å². The van der Waals surface area contributed by atoms with Crippen LogP contribution in [0.4, 0.5) is 11.4 Å². The van der Waals surface area contributed by atoms with Gasteiger partial charge in [0.2, 0.25) is 11.8 Å². The van der Waals surface area contributed by atoms with E-state index in [1.165, 1.54) is 16.7 Å². The molecule has 1 aliphatic heterocycles. The zero-order valence-electron chi connectivity index (χ0n) is 12.8. The number of rotatable bonds is 3. The van der Waals surface area contributed by atoms with E-state index in [1.807, 2.05) is 18.2 Å². The highest BCUT2D eigenvalue weighted by Gasteiger charge is 2.30. The first-order valence-corrected chi connectivity index (χ1v) is 8.92. The smallest absolute Gasteiger partial charge is 0.244 e. The van der Waals surface area contributed by atoms with Gasteiger partial charge >= 0.3 is 0 Å². The molecule has 0 unspecified atom stereocenters. The standard InChI is InChI=1S/C17H14Cl2N2O2S/c1-10(24-16-11(18)5-4-6-12(16)19)17(23)21-9-15(22)20-13-7-2-3-8-14(13)21/h2-8,10H,9H2,1H3,(H,20,22)/t10-/m0/s1. The molecule has 3 rings (SSSR count). The number of fused-ring (bicyclic) bond motifs is 1. The summed E-state index contributed by atoms with van der Waals surface area (Å²) in [6.07, 6.45) is 0. The van der Waals surface area contributed by atoms with Gasteiger partial charge < -0.3 is 5.32 Å². The Morgan fingerprint density at radius 3 is 2.54 bits per heavy atom. The minimum atomic E-state index is -0.443. The third-order valence-corrected chi connectivity index (χ3v) is 5.68. The fraction of sp³-hybridized carbons (Fsp3) is 0.176. The zero-order chi connectivity index (χ0) is 17.3. The molecule has 1 aliphatic rings. The van der Waals surface area contributed by atoms with Crippen LogP contribution in [0.3, 0.4) is 0 Å². The number of carbonyl (C=O) groups excluding carboxylic acids is 2. The predicted octanol–water partition coefficient (Wildman–Crippen LogP) is 4.46. The van der Waals surface area contributed by atoms with Crippen LogP contribution < -0.4 is 10.2 Å². The number of para-hydroxylation sites is 2. The van der Waals surface area contributed by atoms with Gasteiger partial charge in [-0.15, -0.1) is 11.8 Å². The molecule has 0 spiro atoms. The first-order valence-electron chi connectivity index (χ1n) is 7.28. The zero-order valence-corrected chi connectivity index (χ0v) is 15.1. The number of thioether (sulfide) groups is 1. The molecule has 0 aliphatic carbocycles. The summed E-state index contributed by atoms with van der Waals surface area (Å²) in [5, 5.41) is 3.33. The Labute approximate surface area is 154 Å². The van der Waals surface area contributed by atoms with Gasteiger partial charge in [-0.1, -0.05) is 41.4 Å². The molecule has 7 heteroatoms. The van der Waals surface area contributed by atoms with Crippen LogP contribution in [0.25, 0.3) is 0 Å². The summed E-state index contributed by atoms with van der Waals surface area (Å²) < 4.78 is 0. The summed E-state index contributed by atoms with van der Waals surface area (Å²) in [5.41, 5.74) is 1.33. The molecule has 0 radical (unpaired) electrons. The molecule has 0 aromatic heterocycles. The second kappa shape index (κ2) is 7.05. The maximum Gasteiger partial charge on any atom is 0.244 e. The number of amides is 2. The lowest BCUT2D eigenvalue weighted by atomic mass is 10.2. The normalized spacial score (nSPS) is 14.8. The van der Waals surface area contributed by atoms with E-state index < -0.39 is 5.25 Å². The van der Waals surface area contributed by atoms with E-state index in [9.17, 15) is 9.59 Å². The molecular formula is C17H14Cl2N2O2S. The van der Waals surface area contributed by atoms with Crippen LogP contribution in [0.1, 0.15) is 6.92 Å². The van der Waals surface area contributed by atoms with E-state index in [0.717, 1.165) is 0 Å². The number of hydrogen-bond donors (Lipinski definition) is 1. The van der Waals surface area contributed by atoms with Crippen molar-refractivity contribution in [3.8, 4) is 0 Å². The highest BCUT2D eigenvalue weighted by Crippen LogP contribution is 2.38. The van der Waals surface area contributed by atoms with Gasteiger partial charge in [-0.2, -0.15) is 0 Å². The molecular weight excluding hydrogens is 367 g/mol. The molecule has 1 N–H and O–H groups in total. The van der Waals surface area contributed by atoms with Crippen molar-refractivity contribution in [2.45, 2.75) is 17.1 Å². The fourth-order valence-corrected chi connectivity index (χ4v) is 4.08. The maximum absolute atomic E-state index is 12.9. The van der Waals surface area contributed by atoms with Crippen LogP contribution >= 0.6 is 35.0 Å². The summed E-state index contributed by atoms with van der Waals surface area (Å²) in [6.45, 7) is 1.78. The largest absolute Gasteiger partial charge is 0.323 e. The van der Waals surface area contributed by atoms with E-state index in [0.29, 0.717) is 26.3 Å². The van der Waals surface area contributed by atoms with E-state index in [2.05, 4.69) is 5.32 Å². The molecule has 2 aromatic rings. The molecule has 4 nitrogen and oxygen atoms in total. The molecule has 0 saturated carbocycles. The molecule has 1 heterocycles. The first-order chi connectivity index (χ1) is 11.5. The van der Waals surface area contributed by atoms with Gasteiger partial charge in [-0.05, 0) is 31.2 Å². The van der Waals surface area contributed by atoms with Crippen molar-refractivity contribution in [2.24, 2.45) is 0 Å². The van der Waals surface area contributed by atoms with Gasteiger partial charge in [0.15, 0.2) is 0 Å².